The molecule has 1 atom stereocenters. The van der Waals surface area contributed by atoms with Gasteiger partial charge in [-0.1, -0.05) is 73.9 Å². The Hall–Kier alpha value is -3.88. The number of rotatable bonds is 13. The summed E-state index contributed by atoms with van der Waals surface area (Å²) in [7, 11) is 0. The van der Waals surface area contributed by atoms with Crippen LogP contribution in [0, 0.1) is 5.82 Å². The summed E-state index contributed by atoms with van der Waals surface area (Å²) in [5, 5.41) is 6.00. The summed E-state index contributed by atoms with van der Waals surface area (Å²) in [5.74, 6) is -1.24. The number of urea groups is 1. The van der Waals surface area contributed by atoms with Crippen molar-refractivity contribution in [1.29, 1.82) is 0 Å². The molecule has 1 saturated carbocycles. The van der Waals surface area contributed by atoms with Gasteiger partial charge < -0.3 is 15.4 Å². The highest BCUT2D eigenvalue weighted by Gasteiger charge is 2.40. The van der Waals surface area contributed by atoms with E-state index in [0.29, 0.717) is 24.7 Å². The van der Waals surface area contributed by atoms with E-state index in [-0.39, 0.29) is 24.0 Å². The Morgan fingerprint density at radius 2 is 1.52 bits per heavy atom. The van der Waals surface area contributed by atoms with Crippen molar-refractivity contribution in [2.45, 2.75) is 88.9 Å². The number of hydrogen-bond acceptors (Lipinski definition) is 3. The first-order valence-electron chi connectivity index (χ1n) is 15.3. The zero-order valence-electron chi connectivity index (χ0n) is 25.0. The number of amides is 2. The summed E-state index contributed by atoms with van der Waals surface area (Å²) in [5.41, 5.74) is -0.331. The average molecular weight is 613 g/mol. The molecule has 9 heteroatoms. The molecule has 0 heterocycles. The summed E-state index contributed by atoms with van der Waals surface area (Å²) < 4.78 is 61.6. The normalized spacial score (nSPS) is 15.0. The van der Waals surface area contributed by atoms with E-state index in [2.05, 4.69) is 10.6 Å². The van der Waals surface area contributed by atoms with Crippen LogP contribution in [0.2, 0.25) is 0 Å². The van der Waals surface area contributed by atoms with Crippen LogP contribution in [-0.4, -0.2) is 24.6 Å². The topological polar surface area (TPSA) is 67.4 Å². The molecule has 0 aromatic heterocycles. The van der Waals surface area contributed by atoms with Gasteiger partial charge in [-0.25, -0.2) is 9.18 Å². The van der Waals surface area contributed by atoms with Gasteiger partial charge in [0.25, 0.3) is 0 Å². The van der Waals surface area contributed by atoms with Crippen molar-refractivity contribution in [1.82, 2.24) is 10.6 Å². The molecule has 4 rings (SSSR count). The minimum absolute atomic E-state index is 0.00182. The maximum absolute atomic E-state index is 14.9. The molecule has 0 aliphatic heterocycles. The highest BCUT2D eigenvalue weighted by molar-refractivity contribution is 5.76. The van der Waals surface area contributed by atoms with Crippen LogP contribution in [0.5, 0.6) is 0 Å². The molecule has 0 bridgehead atoms. The third-order valence-electron chi connectivity index (χ3n) is 8.15. The Labute approximate surface area is 256 Å². The van der Waals surface area contributed by atoms with E-state index in [0.717, 1.165) is 74.6 Å². The lowest BCUT2D eigenvalue weighted by Gasteiger charge is -2.37. The number of carbonyl (C=O) groups excluding carboxylic acids is 2. The zero-order valence-corrected chi connectivity index (χ0v) is 25.0. The average Bonchev–Trinajstić information content (AvgIpc) is 3.50. The molecule has 2 N–H and O–H groups in total. The third-order valence-corrected chi connectivity index (χ3v) is 8.15. The van der Waals surface area contributed by atoms with Crippen molar-refractivity contribution in [3.8, 4) is 0 Å². The maximum atomic E-state index is 14.9. The Balaban J connectivity index is 1.69. The molecule has 5 nitrogen and oxygen atoms in total. The van der Waals surface area contributed by atoms with Gasteiger partial charge in [0.2, 0.25) is 0 Å². The first kappa shape index (κ1) is 33.0. The number of aryl methyl sites for hydroxylation is 1. The number of esters is 1. The van der Waals surface area contributed by atoms with Gasteiger partial charge in [0.05, 0.1) is 17.7 Å². The molecule has 1 fully saturated rings. The van der Waals surface area contributed by atoms with Crippen molar-refractivity contribution in [3.05, 3.63) is 106 Å². The fraction of sp³-hybridized carbons (Fsp3) is 0.429. The van der Waals surface area contributed by atoms with Crippen LogP contribution in [0.15, 0.2) is 72.8 Å². The van der Waals surface area contributed by atoms with Gasteiger partial charge in [0, 0.05) is 18.9 Å². The van der Waals surface area contributed by atoms with Crippen LogP contribution in [0.4, 0.5) is 22.4 Å². The maximum Gasteiger partial charge on any atom is 0.416 e. The monoisotopic (exact) mass is 612 g/mol. The van der Waals surface area contributed by atoms with Crippen LogP contribution in [0.3, 0.4) is 0 Å². The molecule has 2 amide bonds. The lowest BCUT2D eigenvalue weighted by molar-refractivity contribution is -0.143. The predicted octanol–water partition coefficient (Wildman–Crippen LogP) is 8.24. The van der Waals surface area contributed by atoms with E-state index >= 15 is 0 Å². The molecule has 236 valence electrons. The molecular weight excluding hydrogens is 572 g/mol. The summed E-state index contributed by atoms with van der Waals surface area (Å²) in [6.07, 6.45) is 2.46. The van der Waals surface area contributed by atoms with Crippen molar-refractivity contribution < 1.29 is 31.9 Å². The molecule has 1 aliphatic rings. The molecule has 0 radical (unpaired) electrons. The Bertz CT molecular complexity index is 1370. The SMILES string of the molecule is CCOC(=O)CCCCCc1ccc(C(Cc2ccccc2)(NC(=O)NC2CCCC2)c2cc(F)cc(C(F)(F)F)c2)cc1. The number of alkyl halides is 3. The van der Waals surface area contributed by atoms with Crippen molar-refractivity contribution >= 4 is 12.0 Å². The highest BCUT2D eigenvalue weighted by atomic mass is 19.4. The van der Waals surface area contributed by atoms with E-state index in [1.54, 1.807) is 19.1 Å². The predicted molar refractivity (Wildman–Crippen MR) is 161 cm³/mol. The molecular formula is C35H40F4N2O3. The summed E-state index contributed by atoms with van der Waals surface area (Å²) in [4.78, 5) is 25.1. The third kappa shape index (κ3) is 9.07. The van der Waals surface area contributed by atoms with Crippen molar-refractivity contribution in [2.75, 3.05) is 6.61 Å². The standard InChI is InChI=1S/C35H40F4N2O3/c1-2-44-32(42)16-8-4-5-11-25-17-19-27(20-18-25)34(24-26-12-6-3-7-13-26,41-33(43)40-31-14-9-10-15-31)28-21-29(35(37,38)39)23-30(36)22-28/h3,6-7,12-13,17-23,31H,2,4-5,8-11,14-16,24H2,1H3,(H2,40,41,43). The van der Waals surface area contributed by atoms with Crippen LogP contribution in [0.25, 0.3) is 0 Å². The second kappa shape index (κ2) is 15.2. The molecule has 3 aromatic carbocycles. The largest absolute Gasteiger partial charge is 0.466 e. The Morgan fingerprint density at radius 1 is 0.841 bits per heavy atom. The summed E-state index contributed by atoms with van der Waals surface area (Å²) in [6, 6.07) is 18.4. The Kier molecular flexibility index (Phi) is 11.4. The number of ether oxygens (including phenoxy) is 1. The number of hydrogen-bond donors (Lipinski definition) is 2. The van der Waals surface area contributed by atoms with Gasteiger partial charge in [-0.15, -0.1) is 0 Å². The fourth-order valence-corrected chi connectivity index (χ4v) is 5.91. The lowest BCUT2D eigenvalue weighted by atomic mass is 9.77. The van der Waals surface area contributed by atoms with Crippen LogP contribution < -0.4 is 10.6 Å². The van der Waals surface area contributed by atoms with E-state index in [1.807, 2.05) is 42.5 Å². The minimum Gasteiger partial charge on any atom is -0.466 e. The Morgan fingerprint density at radius 3 is 2.18 bits per heavy atom. The van der Waals surface area contributed by atoms with Crippen molar-refractivity contribution in [3.63, 3.8) is 0 Å². The summed E-state index contributed by atoms with van der Waals surface area (Å²) in [6.45, 7) is 2.14. The van der Waals surface area contributed by atoms with E-state index < -0.39 is 29.1 Å². The first-order valence-corrected chi connectivity index (χ1v) is 15.3. The number of unbranched alkanes of at least 4 members (excludes halogenated alkanes) is 2. The van der Waals surface area contributed by atoms with Crippen molar-refractivity contribution in [2.24, 2.45) is 0 Å². The second-order valence-corrected chi connectivity index (χ2v) is 11.4. The molecule has 1 unspecified atom stereocenters. The van der Waals surface area contributed by atoms with Gasteiger partial charge in [-0.3, -0.25) is 4.79 Å². The minimum atomic E-state index is -4.78. The van der Waals surface area contributed by atoms with Gasteiger partial charge in [0.15, 0.2) is 0 Å². The lowest BCUT2D eigenvalue weighted by Crippen LogP contribution is -2.53. The van der Waals surface area contributed by atoms with E-state index in [4.69, 9.17) is 4.74 Å². The zero-order chi connectivity index (χ0) is 31.6. The van der Waals surface area contributed by atoms with Gasteiger partial charge in [-0.2, -0.15) is 13.2 Å². The van der Waals surface area contributed by atoms with Gasteiger partial charge in [0.1, 0.15) is 5.82 Å². The number of carbonyl (C=O) groups is 2. The van der Waals surface area contributed by atoms with Gasteiger partial charge >= 0.3 is 18.2 Å². The molecule has 3 aromatic rings. The number of halogens is 4. The first-order chi connectivity index (χ1) is 21.1. The quantitative estimate of drug-likeness (QED) is 0.116. The highest BCUT2D eigenvalue weighted by Crippen LogP contribution is 2.38. The van der Waals surface area contributed by atoms with E-state index in [1.165, 1.54) is 0 Å². The fourth-order valence-electron chi connectivity index (χ4n) is 5.91. The van der Waals surface area contributed by atoms with Crippen LogP contribution in [-0.2, 0) is 34.1 Å². The molecule has 1 aliphatic carbocycles. The molecule has 44 heavy (non-hydrogen) atoms. The number of benzene rings is 3. The molecule has 0 saturated heterocycles. The second-order valence-electron chi connectivity index (χ2n) is 11.4. The van der Waals surface area contributed by atoms with E-state index in [9.17, 15) is 27.2 Å². The van der Waals surface area contributed by atoms with Crippen LogP contribution >= 0.6 is 0 Å². The molecule has 0 spiro atoms. The summed E-state index contributed by atoms with van der Waals surface area (Å²) >= 11 is 0. The van der Waals surface area contributed by atoms with Crippen LogP contribution in [0.1, 0.15) is 86.1 Å². The smallest absolute Gasteiger partial charge is 0.416 e. The van der Waals surface area contributed by atoms with Gasteiger partial charge in [-0.05, 0) is 79.5 Å². The number of nitrogens with one attached hydrogen (secondary N) is 2.